The summed E-state index contributed by atoms with van der Waals surface area (Å²) >= 11 is -1.18. The summed E-state index contributed by atoms with van der Waals surface area (Å²) in [5.74, 6) is 0. The average molecular weight is 644 g/mol. The molecule has 1 aliphatic rings. The van der Waals surface area contributed by atoms with E-state index in [0.29, 0.717) is 3.67 Å². The summed E-state index contributed by atoms with van der Waals surface area (Å²) in [4.78, 5) is 0. The Kier molecular flexibility index (Phi) is 11.6. The Bertz CT molecular complexity index is 890. The second-order valence-corrected chi connectivity index (χ2v) is 16.3. The summed E-state index contributed by atoms with van der Waals surface area (Å²) in [5.41, 5.74) is 6.07. The topological polar surface area (TPSA) is 0 Å². The summed E-state index contributed by atoms with van der Waals surface area (Å²) in [6.07, 6.45) is 6.16. The zero-order valence-electron chi connectivity index (χ0n) is 17.2. The number of allylic oxidation sites excluding steroid dienone is 1. The van der Waals surface area contributed by atoms with Crippen LogP contribution >= 0.6 is 45.1 Å². The maximum Gasteiger partial charge on any atom is -0.147 e. The van der Waals surface area contributed by atoms with Crippen molar-refractivity contribution in [2.24, 2.45) is 0 Å². The van der Waals surface area contributed by atoms with Crippen LogP contribution in [-0.4, -0.2) is 19.5 Å². The third-order valence-corrected chi connectivity index (χ3v) is 14.9. The van der Waals surface area contributed by atoms with E-state index in [1.54, 1.807) is 5.56 Å². The smallest absolute Gasteiger partial charge is 0.147 e. The van der Waals surface area contributed by atoms with Gasteiger partial charge in [0.1, 0.15) is 0 Å². The van der Waals surface area contributed by atoms with Crippen molar-refractivity contribution in [2.45, 2.75) is 6.85 Å². The van der Waals surface area contributed by atoms with Crippen LogP contribution in [0.5, 0.6) is 0 Å². The Morgan fingerprint density at radius 3 is 1.77 bits per heavy atom. The number of halogens is 3. The molecule has 158 valence electrons. The van der Waals surface area contributed by atoms with Crippen LogP contribution in [0.2, 0.25) is 0 Å². The molecule has 0 N–H and O–H groups in total. The first-order chi connectivity index (χ1) is 13.2. The molecule has 0 heterocycles. The van der Waals surface area contributed by atoms with Gasteiger partial charge >= 0.3 is 177 Å². The van der Waals surface area contributed by atoms with Crippen LogP contribution in [0.1, 0.15) is 25.9 Å². The van der Waals surface area contributed by atoms with E-state index < -0.39 is 22.9 Å². The minimum atomic E-state index is -1.18. The van der Waals surface area contributed by atoms with Crippen LogP contribution in [0.3, 0.4) is 0 Å². The van der Waals surface area contributed by atoms with Crippen LogP contribution in [-0.2, 0) is 26.1 Å². The molecule has 1 unspecified atom stereocenters. The maximum absolute atomic E-state index is 2.50. The SMILES string of the molecule is CP(C)C[C]([Hf][CH]1C=Cc2ccccc21)(c1ccccc1)c1ccccc1.Cl.Cl.Cl. The molecule has 0 aliphatic heterocycles. The molecule has 30 heavy (non-hydrogen) atoms. The molecule has 3 aromatic carbocycles. The van der Waals surface area contributed by atoms with Gasteiger partial charge < -0.3 is 0 Å². The minimum Gasteiger partial charge on any atom is -0.147 e. The van der Waals surface area contributed by atoms with Crippen LogP contribution in [0.15, 0.2) is 91.0 Å². The van der Waals surface area contributed by atoms with Gasteiger partial charge in [-0.2, -0.15) is 0 Å². The fourth-order valence-electron chi connectivity index (χ4n) is 4.12. The molecule has 0 saturated carbocycles. The van der Waals surface area contributed by atoms with Crippen molar-refractivity contribution < 1.29 is 22.9 Å². The summed E-state index contributed by atoms with van der Waals surface area (Å²) in [6.45, 7) is 4.88. The summed E-state index contributed by atoms with van der Waals surface area (Å²) < 4.78 is 0.904. The average Bonchev–Trinajstić information content (AvgIpc) is 3.11. The fraction of sp³-hybridized carbons (Fsp3) is 0.200. The van der Waals surface area contributed by atoms with Crippen molar-refractivity contribution in [3.63, 3.8) is 0 Å². The Morgan fingerprint density at radius 2 is 1.23 bits per heavy atom. The molecular formula is C25H28Cl3HfP. The molecule has 0 amide bonds. The van der Waals surface area contributed by atoms with Crippen LogP contribution < -0.4 is 0 Å². The molecule has 1 aliphatic carbocycles. The largest absolute Gasteiger partial charge is 0.147 e. The Morgan fingerprint density at radius 1 is 0.733 bits per heavy atom. The van der Waals surface area contributed by atoms with Crippen molar-refractivity contribution in [1.82, 2.24) is 0 Å². The molecule has 0 saturated heterocycles. The molecule has 0 radical (unpaired) electrons. The zero-order chi connectivity index (χ0) is 18.7. The van der Waals surface area contributed by atoms with Crippen molar-refractivity contribution in [3.05, 3.63) is 113 Å². The van der Waals surface area contributed by atoms with Gasteiger partial charge in [-0.1, -0.05) is 0 Å². The first-order valence-corrected chi connectivity index (χ1v) is 15.8. The van der Waals surface area contributed by atoms with E-state index in [1.165, 1.54) is 22.9 Å². The third kappa shape index (κ3) is 5.87. The van der Waals surface area contributed by atoms with Gasteiger partial charge in [-0.15, -0.1) is 37.2 Å². The van der Waals surface area contributed by atoms with Gasteiger partial charge in [0.15, 0.2) is 0 Å². The third-order valence-electron chi connectivity index (χ3n) is 5.29. The summed E-state index contributed by atoms with van der Waals surface area (Å²) in [7, 11) is 0.00137. The van der Waals surface area contributed by atoms with Gasteiger partial charge in [-0.3, -0.25) is 0 Å². The normalized spacial score (nSPS) is 14.2. The van der Waals surface area contributed by atoms with E-state index in [9.17, 15) is 0 Å². The van der Waals surface area contributed by atoms with Crippen molar-refractivity contribution in [3.8, 4) is 0 Å². The van der Waals surface area contributed by atoms with Crippen LogP contribution in [0, 0.1) is 0 Å². The van der Waals surface area contributed by atoms with E-state index in [0.717, 1.165) is 0 Å². The molecule has 0 nitrogen and oxygen atoms in total. The standard InChI is InChI=1S/C16H18P.C9H7.3ClH.Hf/c1-17(2)13-16(14-9-5-3-6-10-14)15-11-7-4-8-12-15;1-2-5-9-7-3-6-8(9)4-1;;;;/h3-12H,13H2,1-2H3;1-7H;3*1H;. The zero-order valence-corrected chi connectivity index (χ0v) is 24.1. The number of fused-ring (bicyclic) bond motifs is 1. The molecule has 5 heteroatoms. The first kappa shape index (κ1) is 27.6. The second kappa shape index (κ2) is 12.6. The molecule has 4 rings (SSSR count). The van der Waals surface area contributed by atoms with Crippen molar-refractivity contribution in [2.75, 3.05) is 19.5 Å². The Hall–Kier alpha value is -0.430. The Balaban J connectivity index is 0.00000150. The van der Waals surface area contributed by atoms with Gasteiger partial charge in [0.05, 0.1) is 0 Å². The predicted molar refractivity (Wildman–Crippen MR) is 137 cm³/mol. The summed E-state index contributed by atoms with van der Waals surface area (Å²) in [6, 6.07) is 31.7. The molecule has 3 aromatic rings. The van der Waals surface area contributed by atoms with Gasteiger partial charge in [0.2, 0.25) is 0 Å². The minimum absolute atomic E-state index is 0. The molecule has 0 bridgehead atoms. The van der Waals surface area contributed by atoms with E-state index in [-0.39, 0.29) is 48.3 Å². The van der Waals surface area contributed by atoms with Crippen molar-refractivity contribution >= 4 is 51.2 Å². The van der Waals surface area contributed by atoms with Crippen LogP contribution in [0.25, 0.3) is 6.08 Å². The number of rotatable bonds is 6. The molecule has 0 fully saturated rings. The van der Waals surface area contributed by atoms with Gasteiger partial charge in [-0.05, 0) is 0 Å². The molecule has 1 atom stereocenters. The first-order valence-electron chi connectivity index (χ1n) is 9.50. The number of hydrogen-bond donors (Lipinski definition) is 0. The van der Waals surface area contributed by atoms with Gasteiger partial charge in [-0.25, -0.2) is 0 Å². The Labute approximate surface area is 212 Å². The number of benzene rings is 3. The van der Waals surface area contributed by atoms with Crippen molar-refractivity contribution in [1.29, 1.82) is 0 Å². The number of hydrogen-bond acceptors (Lipinski definition) is 0. The molecular weight excluding hydrogens is 616 g/mol. The summed E-state index contributed by atoms with van der Waals surface area (Å²) in [5, 5.41) is 0. The predicted octanol–water partition coefficient (Wildman–Crippen LogP) is 7.79. The van der Waals surface area contributed by atoms with Crippen LogP contribution in [0.4, 0.5) is 0 Å². The monoisotopic (exact) mass is 644 g/mol. The van der Waals surface area contributed by atoms with E-state index in [2.05, 4.69) is 110 Å². The quantitative estimate of drug-likeness (QED) is 0.190. The second-order valence-electron chi connectivity index (χ2n) is 7.49. The van der Waals surface area contributed by atoms with E-state index >= 15 is 0 Å². The van der Waals surface area contributed by atoms with E-state index in [4.69, 9.17) is 0 Å². The van der Waals surface area contributed by atoms with E-state index in [1.807, 2.05) is 0 Å². The fourth-order valence-corrected chi connectivity index (χ4v) is 16.4. The molecule has 0 aromatic heterocycles. The van der Waals surface area contributed by atoms with Gasteiger partial charge in [0.25, 0.3) is 0 Å². The molecule has 0 spiro atoms. The maximum atomic E-state index is 2.50. The van der Waals surface area contributed by atoms with Gasteiger partial charge in [0, 0.05) is 0 Å².